The quantitative estimate of drug-likeness (QED) is 0.836. The smallest absolute Gasteiger partial charge is 0.274 e. The summed E-state index contributed by atoms with van der Waals surface area (Å²) in [5.74, 6) is -2.06. The van der Waals surface area contributed by atoms with E-state index in [1.54, 1.807) is 21.6 Å². The minimum atomic E-state index is -0.829. The lowest BCUT2D eigenvalue weighted by Crippen LogP contribution is -2.44. The summed E-state index contributed by atoms with van der Waals surface area (Å²) in [4.78, 5) is 39.7. The summed E-state index contributed by atoms with van der Waals surface area (Å²) < 4.78 is 14.7. The van der Waals surface area contributed by atoms with E-state index in [-0.39, 0.29) is 29.7 Å². The van der Waals surface area contributed by atoms with Gasteiger partial charge in [0, 0.05) is 25.3 Å². The van der Waals surface area contributed by atoms with Gasteiger partial charge in [-0.15, -0.1) is 0 Å². The Morgan fingerprint density at radius 2 is 2.00 bits per heavy atom. The molecular weight excluding hydrogens is 365 g/mol. The van der Waals surface area contributed by atoms with Gasteiger partial charge in [0.25, 0.3) is 11.8 Å². The van der Waals surface area contributed by atoms with Crippen LogP contribution in [0, 0.1) is 5.82 Å². The number of amides is 2. The average molecular weight is 385 g/mol. The lowest BCUT2D eigenvalue weighted by molar-refractivity contribution is 0.0676. The second-order valence-corrected chi connectivity index (χ2v) is 7.06. The summed E-state index contributed by atoms with van der Waals surface area (Å²) in [6.45, 7) is 2.94. The Morgan fingerprint density at radius 1 is 1.29 bits per heavy atom. The molecule has 0 bridgehead atoms. The van der Waals surface area contributed by atoms with Crippen molar-refractivity contribution in [1.29, 1.82) is 0 Å². The van der Waals surface area contributed by atoms with E-state index < -0.39 is 23.0 Å². The van der Waals surface area contributed by atoms with Gasteiger partial charge in [0.2, 0.25) is 5.43 Å². The van der Waals surface area contributed by atoms with E-state index in [0.29, 0.717) is 37.2 Å². The first-order chi connectivity index (χ1) is 13.4. The van der Waals surface area contributed by atoms with Crippen molar-refractivity contribution in [2.45, 2.75) is 32.4 Å². The molecule has 1 aromatic carbocycles. The largest absolute Gasteiger partial charge is 0.503 e. The molecule has 3 heterocycles. The van der Waals surface area contributed by atoms with Crippen LogP contribution in [0.25, 0.3) is 0 Å². The lowest BCUT2D eigenvalue weighted by atomic mass is 10.1. The minimum absolute atomic E-state index is 0.0225. The highest BCUT2D eigenvalue weighted by atomic mass is 19.1. The maximum atomic E-state index is 13.0. The van der Waals surface area contributed by atoms with Gasteiger partial charge in [-0.2, -0.15) is 0 Å². The van der Waals surface area contributed by atoms with Crippen molar-refractivity contribution in [2.75, 3.05) is 13.1 Å². The molecule has 0 aliphatic carbocycles. The maximum absolute atomic E-state index is 13.0. The molecule has 2 amide bonds. The second-order valence-electron chi connectivity index (χ2n) is 7.06. The van der Waals surface area contributed by atoms with Gasteiger partial charge in [-0.3, -0.25) is 14.4 Å². The minimum Gasteiger partial charge on any atom is -0.503 e. The Morgan fingerprint density at radius 3 is 2.68 bits per heavy atom. The first-order valence-corrected chi connectivity index (χ1v) is 9.24. The normalized spacial score (nSPS) is 17.6. The third kappa shape index (κ3) is 2.76. The molecule has 4 rings (SSSR count). The Labute approximate surface area is 160 Å². The molecule has 0 radical (unpaired) electrons. The molecule has 2 N–H and O–H groups in total. The molecule has 1 unspecified atom stereocenters. The lowest BCUT2D eigenvalue weighted by Gasteiger charge is -2.34. The maximum Gasteiger partial charge on any atom is 0.274 e. The van der Waals surface area contributed by atoms with Gasteiger partial charge >= 0.3 is 0 Å². The summed E-state index contributed by atoms with van der Waals surface area (Å²) in [6.07, 6.45) is 1.18. The number of hydrogen-bond donors (Lipinski definition) is 2. The van der Waals surface area contributed by atoms with Gasteiger partial charge in [-0.05, 0) is 37.5 Å². The fourth-order valence-corrected chi connectivity index (χ4v) is 4.05. The van der Waals surface area contributed by atoms with Crippen molar-refractivity contribution in [1.82, 2.24) is 14.8 Å². The zero-order valence-corrected chi connectivity index (χ0v) is 15.4. The van der Waals surface area contributed by atoms with Crippen LogP contribution in [0.15, 0.2) is 29.1 Å². The van der Waals surface area contributed by atoms with E-state index in [4.69, 9.17) is 0 Å². The fraction of sp³-hybridized carbons (Fsp3) is 0.350. The molecule has 0 fully saturated rings. The predicted octanol–water partition coefficient (Wildman–Crippen LogP) is 1.59. The second kappa shape index (κ2) is 6.78. The number of carbonyl (C=O) groups is 2. The highest BCUT2D eigenvalue weighted by Crippen LogP contribution is 2.36. The van der Waals surface area contributed by atoms with Crippen LogP contribution in [-0.4, -0.2) is 39.5 Å². The third-order valence-electron chi connectivity index (χ3n) is 5.46. The third-order valence-corrected chi connectivity index (χ3v) is 5.46. The van der Waals surface area contributed by atoms with Crippen molar-refractivity contribution in [3.8, 4) is 5.75 Å². The summed E-state index contributed by atoms with van der Waals surface area (Å²) in [7, 11) is 0. The molecule has 2 aliphatic rings. The summed E-state index contributed by atoms with van der Waals surface area (Å²) in [5.41, 5.74) is 0.197. The predicted molar refractivity (Wildman–Crippen MR) is 98.9 cm³/mol. The zero-order chi connectivity index (χ0) is 20.0. The van der Waals surface area contributed by atoms with Crippen LogP contribution in [0.5, 0.6) is 5.75 Å². The highest BCUT2D eigenvalue weighted by Gasteiger charge is 2.40. The molecule has 28 heavy (non-hydrogen) atoms. The Hall–Kier alpha value is -3.16. The monoisotopic (exact) mass is 385 g/mol. The van der Waals surface area contributed by atoms with E-state index in [9.17, 15) is 23.9 Å². The fourth-order valence-electron chi connectivity index (χ4n) is 4.05. The van der Waals surface area contributed by atoms with Crippen LogP contribution in [-0.2, 0) is 13.0 Å². The molecular formula is C20H20FN3O4. The Kier molecular flexibility index (Phi) is 4.41. The first kappa shape index (κ1) is 18.2. The molecule has 1 atom stereocenters. The number of nitrogens with zero attached hydrogens (tertiary/aromatic N) is 2. The van der Waals surface area contributed by atoms with Gasteiger partial charge in [0.1, 0.15) is 11.4 Å². The van der Waals surface area contributed by atoms with E-state index >= 15 is 0 Å². The molecule has 2 aliphatic heterocycles. The first-order valence-electron chi connectivity index (χ1n) is 9.24. The summed E-state index contributed by atoms with van der Waals surface area (Å²) in [5, 5.41) is 13.1. The number of likely N-dealkylation sites (N-methyl/N-ethyl adjacent to an activating group) is 1. The van der Waals surface area contributed by atoms with Gasteiger partial charge in [0.15, 0.2) is 11.4 Å². The van der Waals surface area contributed by atoms with Gasteiger partial charge in [0.05, 0.1) is 6.04 Å². The van der Waals surface area contributed by atoms with Crippen molar-refractivity contribution in [2.24, 2.45) is 0 Å². The van der Waals surface area contributed by atoms with Crippen LogP contribution in [0.3, 0.4) is 0 Å². The number of nitrogens with one attached hydrogen (secondary N) is 1. The highest BCUT2D eigenvalue weighted by molar-refractivity contribution is 6.00. The van der Waals surface area contributed by atoms with Gasteiger partial charge in [-0.1, -0.05) is 12.1 Å². The van der Waals surface area contributed by atoms with Crippen LogP contribution in [0.2, 0.25) is 0 Å². The molecule has 0 spiro atoms. The van der Waals surface area contributed by atoms with E-state index in [0.717, 1.165) is 0 Å². The zero-order valence-electron chi connectivity index (χ0n) is 15.4. The summed E-state index contributed by atoms with van der Waals surface area (Å²) >= 11 is 0. The molecule has 146 valence electrons. The molecule has 1 aromatic heterocycles. The molecule has 8 heteroatoms. The van der Waals surface area contributed by atoms with Crippen LogP contribution in [0.4, 0.5) is 4.39 Å². The molecule has 2 aromatic rings. The number of rotatable bonds is 4. The van der Waals surface area contributed by atoms with Crippen molar-refractivity contribution >= 4 is 11.8 Å². The van der Waals surface area contributed by atoms with Crippen molar-refractivity contribution < 1.29 is 19.1 Å². The SMILES string of the molecule is CCN1CC2CCc3c(C(=O)NCc4ccc(F)cc4)c(=O)c(O)c(n32)C1=O. The topological polar surface area (TPSA) is 91.6 Å². The standard InChI is InChI=1S/C20H20FN3O4/c1-2-23-10-13-7-8-14-15(17(25)18(26)16(20(23)28)24(13)14)19(27)22-9-11-3-5-12(21)6-4-11/h3-6,13,26H,2,7-10H2,1H3,(H,22,27). The number of hydrogen-bond acceptors (Lipinski definition) is 4. The Bertz CT molecular complexity index is 1030. The number of carbonyl (C=O) groups excluding carboxylic acids is 2. The average Bonchev–Trinajstić information content (AvgIpc) is 3.09. The van der Waals surface area contributed by atoms with E-state index in [2.05, 4.69) is 5.32 Å². The van der Waals surface area contributed by atoms with Gasteiger partial charge < -0.3 is 19.9 Å². The van der Waals surface area contributed by atoms with E-state index in [1.807, 2.05) is 6.92 Å². The van der Waals surface area contributed by atoms with Crippen LogP contribution < -0.4 is 10.7 Å². The van der Waals surface area contributed by atoms with Crippen LogP contribution >= 0.6 is 0 Å². The number of aromatic hydroxyl groups is 1. The number of pyridine rings is 1. The van der Waals surface area contributed by atoms with Gasteiger partial charge in [-0.25, -0.2) is 4.39 Å². The van der Waals surface area contributed by atoms with Crippen LogP contribution in [0.1, 0.15) is 51.5 Å². The van der Waals surface area contributed by atoms with Crippen molar-refractivity contribution in [3.05, 3.63) is 62.8 Å². The summed E-state index contributed by atoms with van der Waals surface area (Å²) in [6, 6.07) is 5.60. The molecule has 0 saturated carbocycles. The van der Waals surface area contributed by atoms with E-state index in [1.165, 1.54) is 12.1 Å². The molecule has 7 nitrogen and oxygen atoms in total. The Balaban J connectivity index is 1.71. The van der Waals surface area contributed by atoms with Crippen molar-refractivity contribution in [3.63, 3.8) is 0 Å². The molecule has 0 saturated heterocycles. The number of aromatic nitrogens is 1. The number of benzene rings is 1. The number of halogens is 1.